The lowest BCUT2D eigenvalue weighted by Crippen LogP contribution is -2.15. The zero-order valence-electron chi connectivity index (χ0n) is 16.9. The van der Waals surface area contributed by atoms with Crippen LogP contribution in [0.25, 0.3) is 0 Å². The van der Waals surface area contributed by atoms with E-state index in [9.17, 15) is 4.79 Å². The summed E-state index contributed by atoms with van der Waals surface area (Å²) in [4.78, 5) is 12.2. The highest BCUT2D eigenvalue weighted by atomic mass is 35.5. The SMILES string of the molecule is CCn1c(COc2cc(C)c(Cl)c(C)c2)nnc1SCC(=O)Nc1cccc(Cl)c1. The Hall–Kier alpha value is -2.22. The molecule has 0 saturated carbocycles. The number of carbonyl (C=O) groups excluding carboxylic acids is 1. The zero-order valence-corrected chi connectivity index (χ0v) is 19.2. The van der Waals surface area contributed by atoms with Crippen LogP contribution in [0.2, 0.25) is 10.0 Å². The summed E-state index contributed by atoms with van der Waals surface area (Å²) in [5.41, 5.74) is 2.59. The van der Waals surface area contributed by atoms with E-state index in [-0.39, 0.29) is 18.3 Å². The average molecular weight is 465 g/mol. The maximum absolute atomic E-state index is 12.2. The van der Waals surface area contributed by atoms with Crippen molar-refractivity contribution >= 4 is 46.6 Å². The van der Waals surface area contributed by atoms with E-state index in [2.05, 4.69) is 15.5 Å². The van der Waals surface area contributed by atoms with Gasteiger partial charge < -0.3 is 14.6 Å². The van der Waals surface area contributed by atoms with Gasteiger partial charge in [-0.2, -0.15) is 0 Å². The Bertz CT molecular complexity index is 1030. The minimum absolute atomic E-state index is 0.141. The summed E-state index contributed by atoms with van der Waals surface area (Å²) in [6.07, 6.45) is 0. The Morgan fingerprint density at radius 2 is 1.90 bits per heavy atom. The van der Waals surface area contributed by atoms with Crippen LogP contribution >= 0.6 is 35.0 Å². The van der Waals surface area contributed by atoms with Gasteiger partial charge in [-0.3, -0.25) is 4.79 Å². The molecule has 0 aliphatic carbocycles. The molecule has 0 aliphatic heterocycles. The molecule has 30 heavy (non-hydrogen) atoms. The van der Waals surface area contributed by atoms with Crippen molar-refractivity contribution in [3.8, 4) is 5.75 Å². The third kappa shape index (κ3) is 5.68. The molecule has 1 amide bonds. The number of nitrogens with zero attached hydrogens (tertiary/aromatic N) is 3. The predicted molar refractivity (Wildman–Crippen MR) is 122 cm³/mol. The van der Waals surface area contributed by atoms with E-state index in [1.165, 1.54) is 11.8 Å². The van der Waals surface area contributed by atoms with Crippen molar-refractivity contribution in [3.05, 3.63) is 63.4 Å². The molecule has 158 valence electrons. The van der Waals surface area contributed by atoms with Crippen molar-refractivity contribution in [1.82, 2.24) is 14.8 Å². The van der Waals surface area contributed by atoms with Gasteiger partial charge in [-0.1, -0.05) is 41.0 Å². The Morgan fingerprint density at radius 3 is 2.57 bits per heavy atom. The quantitative estimate of drug-likeness (QED) is 0.443. The zero-order chi connectivity index (χ0) is 21.7. The predicted octanol–water partition coefficient (Wildman–Crippen LogP) is 5.53. The first-order chi connectivity index (χ1) is 14.4. The number of thioether (sulfide) groups is 1. The molecule has 0 spiro atoms. The van der Waals surface area contributed by atoms with E-state index < -0.39 is 0 Å². The fourth-order valence-electron chi connectivity index (χ4n) is 2.88. The van der Waals surface area contributed by atoms with Crippen LogP contribution in [-0.2, 0) is 17.9 Å². The van der Waals surface area contributed by atoms with Crippen LogP contribution in [-0.4, -0.2) is 26.4 Å². The standard InChI is InChI=1S/C21H22Cl2N4O2S/c1-4-27-18(11-29-17-8-13(2)20(23)14(3)9-17)25-26-21(27)30-12-19(28)24-16-7-5-6-15(22)10-16/h5-10H,4,11-12H2,1-3H3,(H,24,28). The van der Waals surface area contributed by atoms with Crippen molar-refractivity contribution in [2.75, 3.05) is 11.1 Å². The van der Waals surface area contributed by atoms with Crippen LogP contribution in [0.15, 0.2) is 41.6 Å². The minimum atomic E-state index is -0.141. The van der Waals surface area contributed by atoms with Crippen molar-refractivity contribution in [2.24, 2.45) is 0 Å². The van der Waals surface area contributed by atoms with Crippen LogP contribution in [0.4, 0.5) is 5.69 Å². The van der Waals surface area contributed by atoms with Gasteiger partial charge in [0, 0.05) is 22.3 Å². The number of benzene rings is 2. The number of amides is 1. The van der Waals surface area contributed by atoms with Gasteiger partial charge in [-0.05, 0) is 62.2 Å². The van der Waals surface area contributed by atoms with E-state index in [0.717, 1.165) is 21.9 Å². The van der Waals surface area contributed by atoms with Gasteiger partial charge in [0.2, 0.25) is 5.91 Å². The normalized spacial score (nSPS) is 10.8. The number of hydrogen-bond donors (Lipinski definition) is 1. The van der Waals surface area contributed by atoms with Gasteiger partial charge in [-0.25, -0.2) is 0 Å². The second-order valence-electron chi connectivity index (χ2n) is 6.65. The molecule has 3 aromatic rings. The Kier molecular flexibility index (Phi) is 7.64. The van der Waals surface area contributed by atoms with Gasteiger partial charge in [0.05, 0.1) is 5.75 Å². The highest BCUT2D eigenvalue weighted by Crippen LogP contribution is 2.26. The van der Waals surface area contributed by atoms with E-state index in [1.807, 2.05) is 37.5 Å². The molecule has 3 rings (SSSR count). The number of nitrogens with one attached hydrogen (secondary N) is 1. The first-order valence-corrected chi connectivity index (χ1v) is 11.1. The highest BCUT2D eigenvalue weighted by Gasteiger charge is 2.14. The lowest BCUT2D eigenvalue weighted by molar-refractivity contribution is -0.113. The van der Waals surface area contributed by atoms with Crippen LogP contribution in [0.5, 0.6) is 5.75 Å². The molecular formula is C21H22Cl2N4O2S. The Labute approximate surface area is 189 Å². The average Bonchev–Trinajstić information content (AvgIpc) is 3.10. The summed E-state index contributed by atoms with van der Waals surface area (Å²) in [6.45, 7) is 6.83. The second kappa shape index (κ2) is 10.2. The number of aryl methyl sites for hydroxylation is 2. The number of halogens is 2. The summed E-state index contributed by atoms with van der Waals surface area (Å²) >= 11 is 13.5. The number of aromatic nitrogens is 3. The third-order valence-corrected chi connectivity index (χ3v) is 6.13. The summed E-state index contributed by atoms with van der Waals surface area (Å²) in [5.74, 6) is 1.50. The van der Waals surface area contributed by atoms with Crippen LogP contribution in [0.1, 0.15) is 23.9 Å². The fraction of sp³-hybridized carbons (Fsp3) is 0.286. The molecule has 6 nitrogen and oxygen atoms in total. The number of carbonyl (C=O) groups is 1. The van der Waals surface area contributed by atoms with Crippen molar-refractivity contribution in [1.29, 1.82) is 0 Å². The number of rotatable bonds is 8. The molecular weight excluding hydrogens is 443 g/mol. The van der Waals surface area contributed by atoms with Crippen molar-refractivity contribution < 1.29 is 9.53 Å². The van der Waals surface area contributed by atoms with Crippen molar-refractivity contribution in [3.63, 3.8) is 0 Å². The molecule has 9 heteroatoms. The van der Waals surface area contributed by atoms with Gasteiger partial charge in [0.15, 0.2) is 11.0 Å². The first kappa shape index (κ1) is 22.5. The fourth-order valence-corrected chi connectivity index (χ4v) is 4.00. The van der Waals surface area contributed by atoms with Crippen LogP contribution in [0.3, 0.4) is 0 Å². The smallest absolute Gasteiger partial charge is 0.234 e. The third-order valence-electron chi connectivity index (χ3n) is 4.33. The molecule has 1 N–H and O–H groups in total. The van der Waals surface area contributed by atoms with Crippen LogP contribution in [0, 0.1) is 13.8 Å². The summed E-state index contributed by atoms with van der Waals surface area (Å²) in [7, 11) is 0. The molecule has 1 heterocycles. The number of anilines is 1. The maximum atomic E-state index is 12.2. The minimum Gasteiger partial charge on any atom is -0.486 e. The maximum Gasteiger partial charge on any atom is 0.234 e. The molecule has 0 bridgehead atoms. The largest absolute Gasteiger partial charge is 0.486 e. The monoisotopic (exact) mass is 464 g/mol. The Balaban J connectivity index is 1.60. The molecule has 0 unspecified atom stereocenters. The first-order valence-electron chi connectivity index (χ1n) is 9.37. The molecule has 1 aromatic heterocycles. The van der Waals surface area contributed by atoms with E-state index in [1.54, 1.807) is 24.3 Å². The van der Waals surface area contributed by atoms with Gasteiger partial charge in [0.25, 0.3) is 0 Å². The van der Waals surface area contributed by atoms with E-state index in [0.29, 0.717) is 28.2 Å². The van der Waals surface area contributed by atoms with E-state index >= 15 is 0 Å². The topological polar surface area (TPSA) is 69.0 Å². The van der Waals surface area contributed by atoms with Gasteiger partial charge in [0.1, 0.15) is 12.4 Å². The lowest BCUT2D eigenvalue weighted by Gasteiger charge is -2.11. The molecule has 2 aromatic carbocycles. The lowest BCUT2D eigenvalue weighted by atomic mass is 10.1. The van der Waals surface area contributed by atoms with Gasteiger partial charge in [-0.15, -0.1) is 10.2 Å². The molecule has 0 aliphatic rings. The summed E-state index contributed by atoms with van der Waals surface area (Å²) in [6, 6.07) is 10.8. The summed E-state index contributed by atoms with van der Waals surface area (Å²) < 4.78 is 7.83. The second-order valence-corrected chi connectivity index (χ2v) is 8.41. The molecule has 0 radical (unpaired) electrons. The Morgan fingerprint density at radius 1 is 1.17 bits per heavy atom. The number of hydrogen-bond acceptors (Lipinski definition) is 5. The molecule has 0 fully saturated rings. The van der Waals surface area contributed by atoms with Crippen molar-refractivity contribution in [2.45, 2.75) is 39.1 Å². The van der Waals surface area contributed by atoms with Gasteiger partial charge >= 0.3 is 0 Å². The van der Waals surface area contributed by atoms with E-state index in [4.69, 9.17) is 27.9 Å². The number of ether oxygens (including phenoxy) is 1. The molecule has 0 atom stereocenters. The highest BCUT2D eigenvalue weighted by molar-refractivity contribution is 7.99. The molecule has 0 saturated heterocycles. The summed E-state index contributed by atoms with van der Waals surface area (Å²) in [5, 5.41) is 13.2. The van der Waals surface area contributed by atoms with Crippen LogP contribution < -0.4 is 10.1 Å².